The van der Waals surface area contributed by atoms with Crippen LogP contribution in [0.2, 0.25) is 0 Å². The molecule has 0 bridgehead atoms. The number of ether oxygens (including phenoxy) is 4. The number of hydrogen-bond acceptors (Lipinski definition) is 8. The summed E-state index contributed by atoms with van der Waals surface area (Å²) in [5.41, 5.74) is 0.167. The van der Waals surface area contributed by atoms with E-state index in [1.807, 2.05) is 0 Å². The lowest BCUT2D eigenvalue weighted by atomic mass is 10.1. The van der Waals surface area contributed by atoms with E-state index in [-0.39, 0.29) is 23.1 Å². The first-order valence-corrected chi connectivity index (χ1v) is 10.8. The van der Waals surface area contributed by atoms with Gasteiger partial charge in [-0.3, -0.25) is 4.79 Å². The van der Waals surface area contributed by atoms with Crippen molar-refractivity contribution in [1.29, 1.82) is 0 Å². The molecule has 1 atom stereocenters. The predicted molar refractivity (Wildman–Crippen MR) is 98.7 cm³/mol. The molecule has 0 spiro atoms. The van der Waals surface area contributed by atoms with Gasteiger partial charge in [0, 0.05) is 12.6 Å². The van der Waals surface area contributed by atoms with E-state index in [1.165, 1.54) is 24.1 Å². The highest BCUT2D eigenvalue weighted by molar-refractivity contribution is 7.91. The van der Waals surface area contributed by atoms with Crippen LogP contribution in [-0.4, -0.2) is 76.2 Å². The number of rotatable bonds is 6. The molecule has 0 aromatic heterocycles. The maximum absolute atomic E-state index is 12.4. The van der Waals surface area contributed by atoms with Crippen molar-refractivity contribution in [2.45, 2.75) is 19.4 Å². The molecule has 2 aliphatic heterocycles. The Morgan fingerprint density at radius 1 is 1.25 bits per heavy atom. The summed E-state index contributed by atoms with van der Waals surface area (Å²) in [5.74, 6) is -0.00261. The second kappa shape index (κ2) is 8.26. The van der Waals surface area contributed by atoms with Gasteiger partial charge < -0.3 is 23.8 Å². The normalized spacial score (nSPS) is 19.7. The molecular formula is C18H23NO8S. The van der Waals surface area contributed by atoms with Gasteiger partial charge in [0.1, 0.15) is 13.2 Å². The number of hydrogen-bond donors (Lipinski definition) is 0. The smallest absolute Gasteiger partial charge is 0.338 e. The molecule has 0 radical (unpaired) electrons. The fraction of sp³-hybridized carbons (Fsp3) is 0.556. The highest BCUT2D eigenvalue weighted by Crippen LogP contribution is 2.40. The van der Waals surface area contributed by atoms with E-state index >= 15 is 0 Å². The molecule has 1 aromatic carbocycles. The van der Waals surface area contributed by atoms with E-state index in [9.17, 15) is 18.0 Å². The zero-order valence-corrected chi connectivity index (χ0v) is 16.6. The average molecular weight is 413 g/mol. The minimum atomic E-state index is -3.12. The highest BCUT2D eigenvalue weighted by Gasteiger charge is 2.34. The van der Waals surface area contributed by atoms with Crippen LogP contribution in [0.3, 0.4) is 0 Å². The van der Waals surface area contributed by atoms with Gasteiger partial charge >= 0.3 is 5.97 Å². The van der Waals surface area contributed by atoms with Gasteiger partial charge in [0.05, 0.1) is 24.2 Å². The zero-order valence-electron chi connectivity index (χ0n) is 15.8. The zero-order chi connectivity index (χ0) is 20.3. The molecule has 1 aromatic rings. The molecule has 10 heteroatoms. The Morgan fingerprint density at radius 3 is 2.64 bits per heavy atom. The molecule has 2 aliphatic rings. The summed E-state index contributed by atoms with van der Waals surface area (Å²) in [4.78, 5) is 26.3. The molecule has 2 heterocycles. The fourth-order valence-electron chi connectivity index (χ4n) is 3.34. The topological polar surface area (TPSA) is 108 Å². The van der Waals surface area contributed by atoms with Crippen LogP contribution < -0.4 is 14.2 Å². The summed E-state index contributed by atoms with van der Waals surface area (Å²) in [5, 5.41) is 0. The van der Waals surface area contributed by atoms with Crippen LogP contribution in [0.15, 0.2) is 12.1 Å². The van der Waals surface area contributed by atoms with E-state index in [0.717, 1.165) is 0 Å². The van der Waals surface area contributed by atoms with Gasteiger partial charge in [0.25, 0.3) is 5.91 Å². The van der Waals surface area contributed by atoms with Crippen LogP contribution in [0.1, 0.15) is 23.7 Å². The molecule has 1 saturated heterocycles. The van der Waals surface area contributed by atoms with Gasteiger partial charge in [-0.05, 0) is 25.5 Å². The van der Waals surface area contributed by atoms with E-state index in [1.54, 1.807) is 6.92 Å². The van der Waals surface area contributed by atoms with Gasteiger partial charge in [0.2, 0.25) is 5.75 Å². The van der Waals surface area contributed by atoms with E-state index in [4.69, 9.17) is 18.9 Å². The van der Waals surface area contributed by atoms with Gasteiger partial charge in [-0.2, -0.15) is 0 Å². The minimum absolute atomic E-state index is 0.0557. The van der Waals surface area contributed by atoms with Crippen molar-refractivity contribution >= 4 is 21.7 Å². The Balaban J connectivity index is 1.65. The molecule has 0 aliphatic carbocycles. The second-order valence-corrected chi connectivity index (χ2v) is 8.74. The summed E-state index contributed by atoms with van der Waals surface area (Å²) >= 11 is 0. The van der Waals surface area contributed by atoms with Crippen molar-refractivity contribution < 1.29 is 37.0 Å². The molecular weight excluding hydrogens is 390 g/mol. The number of methoxy groups -OCH3 is 1. The van der Waals surface area contributed by atoms with Crippen LogP contribution in [-0.2, 0) is 19.4 Å². The Morgan fingerprint density at radius 2 is 2.00 bits per heavy atom. The average Bonchev–Trinajstić information content (AvgIpc) is 3.05. The SMILES string of the molecule is CCN(C(=O)COC(=O)c1cc(OC)c2c(c1)OCCO2)[C@@H]1CCS(=O)(=O)C1. The van der Waals surface area contributed by atoms with Crippen LogP contribution in [0.25, 0.3) is 0 Å². The molecule has 1 fully saturated rings. The van der Waals surface area contributed by atoms with E-state index in [2.05, 4.69) is 0 Å². The summed E-state index contributed by atoms with van der Waals surface area (Å²) in [6.45, 7) is 2.36. The molecule has 3 rings (SSSR count). The van der Waals surface area contributed by atoms with E-state index in [0.29, 0.717) is 43.4 Å². The number of sulfone groups is 1. The monoisotopic (exact) mass is 413 g/mol. The first kappa shape index (κ1) is 20.2. The molecule has 0 unspecified atom stereocenters. The number of carbonyl (C=O) groups excluding carboxylic acids is 2. The third-order valence-electron chi connectivity index (χ3n) is 4.70. The third-order valence-corrected chi connectivity index (χ3v) is 6.45. The predicted octanol–water partition coefficient (Wildman–Crippen LogP) is 0.659. The van der Waals surface area contributed by atoms with Crippen molar-refractivity contribution in [2.24, 2.45) is 0 Å². The lowest BCUT2D eigenvalue weighted by Gasteiger charge is -2.26. The molecule has 1 amide bonds. The third kappa shape index (κ3) is 4.32. The Hall–Kier alpha value is -2.49. The number of nitrogens with zero attached hydrogens (tertiary/aromatic N) is 1. The van der Waals surface area contributed by atoms with Gasteiger partial charge in [-0.25, -0.2) is 13.2 Å². The van der Waals surface area contributed by atoms with Crippen molar-refractivity contribution in [3.63, 3.8) is 0 Å². The van der Waals surface area contributed by atoms with Crippen molar-refractivity contribution in [1.82, 2.24) is 4.90 Å². The number of fused-ring (bicyclic) bond motifs is 1. The van der Waals surface area contributed by atoms with Crippen LogP contribution >= 0.6 is 0 Å². The summed E-state index contributed by atoms with van der Waals surface area (Å²) < 4.78 is 44.6. The van der Waals surface area contributed by atoms with Crippen LogP contribution in [0, 0.1) is 0 Å². The second-order valence-electron chi connectivity index (χ2n) is 6.52. The lowest BCUT2D eigenvalue weighted by Crippen LogP contribution is -2.43. The Labute approximate surface area is 163 Å². The van der Waals surface area contributed by atoms with Crippen LogP contribution in [0.4, 0.5) is 0 Å². The molecule has 28 heavy (non-hydrogen) atoms. The standard InChI is InChI=1S/C18H23NO8S/c1-3-19(13-4-7-28(22,23)11-13)16(20)10-27-18(21)12-8-14(24-2)17-15(9-12)25-5-6-26-17/h8-9,13H,3-7,10-11H2,1-2H3/t13-/m1/s1. The number of likely N-dealkylation sites (N-methyl/N-ethyl adjacent to an activating group) is 1. The Kier molecular flexibility index (Phi) is 5.97. The maximum Gasteiger partial charge on any atom is 0.338 e. The summed E-state index contributed by atoms with van der Waals surface area (Å²) in [7, 11) is -1.67. The highest BCUT2D eigenvalue weighted by atomic mass is 32.2. The molecule has 9 nitrogen and oxygen atoms in total. The first-order chi connectivity index (χ1) is 13.3. The number of amides is 1. The molecule has 0 N–H and O–H groups in total. The number of carbonyl (C=O) groups is 2. The van der Waals surface area contributed by atoms with Crippen molar-refractivity contribution in [2.75, 3.05) is 45.0 Å². The first-order valence-electron chi connectivity index (χ1n) is 8.99. The largest absolute Gasteiger partial charge is 0.493 e. The Bertz CT molecular complexity index is 849. The van der Waals surface area contributed by atoms with Crippen molar-refractivity contribution in [3.8, 4) is 17.2 Å². The van der Waals surface area contributed by atoms with Gasteiger partial charge in [-0.15, -0.1) is 0 Å². The summed E-state index contributed by atoms with van der Waals surface area (Å²) in [6, 6.07) is 2.56. The van der Waals surface area contributed by atoms with Gasteiger partial charge in [0.15, 0.2) is 27.9 Å². The number of esters is 1. The lowest BCUT2D eigenvalue weighted by molar-refractivity contribution is -0.136. The maximum atomic E-state index is 12.4. The fourth-order valence-corrected chi connectivity index (χ4v) is 5.07. The van der Waals surface area contributed by atoms with Crippen molar-refractivity contribution in [3.05, 3.63) is 17.7 Å². The molecule has 154 valence electrons. The molecule has 0 saturated carbocycles. The van der Waals surface area contributed by atoms with Gasteiger partial charge in [-0.1, -0.05) is 0 Å². The minimum Gasteiger partial charge on any atom is -0.493 e. The quantitative estimate of drug-likeness (QED) is 0.626. The number of benzene rings is 1. The summed E-state index contributed by atoms with van der Waals surface area (Å²) in [6.07, 6.45) is 0.398. The van der Waals surface area contributed by atoms with Crippen LogP contribution in [0.5, 0.6) is 17.2 Å². The van der Waals surface area contributed by atoms with E-state index < -0.39 is 28.3 Å².